The van der Waals surface area contributed by atoms with E-state index in [9.17, 15) is 18.3 Å². The molecule has 0 bridgehead atoms. The number of aromatic nitrogens is 2. The fraction of sp³-hybridized carbons (Fsp3) is 0.500. The minimum Gasteiger partial charge on any atom is -0.394 e. The number of hydrogen-bond acceptors (Lipinski definition) is 5. The Morgan fingerprint density at radius 1 is 1.38 bits per heavy atom. The van der Waals surface area contributed by atoms with Crippen LogP contribution >= 0.6 is 11.6 Å². The van der Waals surface area contributed by atoms with Gasteiger partial charge < -0.3 is 10.4 Å². The number of benzene rings is 1. The van der Waals surface area contributed by atoms with Crippen molar-refractivity contribution in [3.05, 3.63) is 41.0 Å². The first-order valence-corrected chi connectivity index (χ1v) is 11.9. The molecule has 1 aromatic heterocycles. The summed E-state index contributed by atoms with van der Waals surface area (Å²) >= 11 is 5.99. The number of hydrogen-bond donors (Lipinski definition) is 2. The Morgan fingerprint density at radius 2 is 2.07 bits per heavy atom. The highest BCUT2D eigenvalue weighted by Gasteiger charge is 2.32. The van der Waals surface area contributed by atoms with E-state index in [2.05, 4.69) is 10.4 Å². The summed E-state index contributed by atoms with van der Waals surface area (Å²) in [6.07, 6.45) is 1.27. The molecule has 0 saturated carbocycles. The molecular formula is C20H26ClN3O4S. The van der Waals surface area contributed by atoms with Crippen LogP contribution in [0.4, 0.5) is 0 Å². The summed E-state index contributed by atoms with van der Waals surface area (Å²) in [5.41, 5.74) is 1.66. The van der Waals surface area contributed by atoms with E-state index in [1.807, 2.05) is 26.0 Å². The predicted octanol–water partition coefficient (Wildman–Crippen LogP) is 2.70. The van der Waals surface area contributed by atoms with Crippen LogP contribution in [0.2, 0.25) is 5.02 Å². The van der Waals surface area contributed by atoms with Crippen molar-refractivity contribution in [1.29, 1.82) is 0 Å². The molecule has 7 nitrogen and oxygen atoms in total. The van der Waals surface area contributed by atoms with E-state index in [0.29, 0.717) is 17.1 Å². The van der Waals surface area contributed by atoms with Gasteiger partial charge in [0.25, 0.3) is 5.91 Å². The summed E-state index contributed by atoms with van der Waals surface area (Å²) in [7, 11) is -3.11. The average molecular weight is 440 g/mol. The predicted molar refractivity (Wildman–Crippen MR) is 113 cm³/mol. The third kappa shape index (κ3) is 4.99. The fourth-order valence-corrected chi connectivity index (χ4v) is 5.30. The molecule has 3 rings (SSSR count). The lowest BCUT2D eigenvalue weighted by Gasteiger charge is -2.21. The third-order valence-corrected chi connectivity index (χ3v) is 7.51. The molecule has 0 radical (unpaired) electrons. The molecule has 1 amide bonds. The van der Waals surface area contributed by atoms with E-state index >= 15 is 0 Å². The largest absolute Gasteiger partial charge is 0.394 e. The van der Waals surface area contributed by atoms with Gasteiger partial charge in [0.2, 0.25) is 0 Å². The van der Waals surface area contributed by atoms with Crippen LogP contribution in [0.15, 0.2) is 30.3 Å². The molecule has 0 spiro atoms. The van der Waals surface area contributed by atoms with E-state index in [-0.39, 0.29) is 47.7 Å². The third-order valence-electron chi connectivity index (χ3n) is 5.51. The number of aliphatic hydroxyl groups is 1. The lowest BCUT2D eigenvalue weighted by atomic mass is 10.00. The summed E-state index contributed by atoms with van der Waals surface area (Å²) in [4.78, 5) is 12.8. The zero-order chi connectivity index (χ0) is 21.2. The molecular weight excluding hydrogens is 414 g/mol. The second kappa shape index (κ2) is 8.85. The summed E-state index contributed by atoms with van der Waals surface area (Å²) < 4.78 is 25.6. The summed E-state index contributed by atoms with van der Waals surface area (Å²) in [5, 5.41) is 17.5. The van der Waals surface area contributed by atoms with Crippen LogP contribution in [0.3, 0.4) is 0 Å². The van der Waals surface area contributed by atoms with Crippen molar-refractivity contribution in [3.8, 4) is 11.3 Å². The molecule has 158 valence electrons. The first-order chi connectivity index (χ1) is 13.7. The van der Waals surface area contributed by atoms with Gasteiger partial charge >= 0.3 is 0 Å². The molecule has 1 aromatic carbocycles. The summed E-state index contributed by atoms with van der Waals surface area (Å²) in [6, 6.07) is 8.08. The lowest BCUT2D eigenvalue weighted by molar-refractivity contribution is 0.0885. The second-order valence-corrected chi connectivity index (χ2v) is 10.2. The standard InChI is InChI=1S/C20H26ClN3O4S/c1-3-13(2)18(11-25)22-20(26)17-10-19(14-4-6-15(21)7-5-14)24(23-17)16-8-9-29(27,28)12-16/h4-7,10,13,16,18,25H,3,8-9,11-12H2,1-2H3,(H,22,26)/t13-,16+,18-/m0/s1. The molecule has 2 aromatic rings. The molecule has 0 aliphatic carbocycles. The fourth-order valence-electron chi connectivity index (χ4n) is 3.48. The van der Waals surface area contributed by atoms with Gasteiger partial charge in [0.1, 0.15) is 0 Å². The molecule has 29 heavy (non-hydrogen) atoms. The van der Waals surface area contributed by atoms with Crippen LogP contribution in [0.25, 0.3) is 11.3 Å². The zero-order valence-corrected chi connectivity index (χ0v) is 18.1. The lowest BCUT2D eigenvalue weighted by Crippen LogP contribution is -2.42. The van der Waals surface area contributed by atoms with E-state index in [4.69, 9.17) is 11.6 Å². The number of amides is 1. The van der Waals surface area contributed by atoms with Gasteiger partial charge in [-0.15, -0.1) is 0 Å². The Balaban J connectivity index is 1.96. The Labute approximate surface area is 176 Å². The van der Waals surface area contributed by atoms with Gasteiger partial charge in [0, 0.05) is 5.02 Å². The number of nitrogens with one attached hydrogen (secondary N) is 1. The average Bonchev–Trinajstić information content (AvgIpc) is 3.29. The van der Waals surface area contributed by atoms with Gasteiger partial charge in [-0.25, -0.2) is 8.42 Å². The Bertz CT molecular complexity index is 972. The number of nitrogens with zero attached hydrogens (tertiary/aromatic N) is 2. The number of halogens is 1. The number of rotatable bonds is 7. The van der Waals surface area contributed by atoms with E-state index in [1.165, 1.54) is 0 Å². The summed E-state index contributed by atoms with van der Waals surface area (Å²) in [5.74, 6) is -0.164. The van der Waals surface area contributed by atoms with Crippen molar-refractivity contribution in [2.24, 2.45) is 5.92 Å². The maximum Gasteiger partial charge on any atom is 0.272 e. The van der Waals surface area contributed by atoms with Crippen LogP contribution in [0.5, 0.6) is 0 Å². The van der Waals surface area contributed by atoms with Gasteiger partial charge in [-0.2, -0.15) is 5.10 Å². The van der Waals surface area contributed by atoms with Gasteiger partial charge in [0.05, 0.1) is 35.9 Å². The molecule has 1 aliphatic rings. The molecule has 1 saturated heterocycles. The second-order valence-electron chi connectivity index (χ2n) is 7.57. The van der Waals surface area contributed by atoms with Crippen molar-refractivity contribution in [3.63, 3.8) is 0 Å². The van der Waals surface area contributed by atoms with Crippen LogP contribution in [0, 0.1) is 5.92 Å². The Hall–Kier alpha value is -1.90. The van der Waals surface area contributed by atoms with Gasteiger partial charge in [0.15, 0.2) is 15.5 Å². The van der Waals surface area contributed by atoms with Crippen LogP contribution < -0.4 is 5.32 Å². The monoisotopic (exact) mass is 439 g/mol. The van der Waals surface area contributed by atoms with Gasteiger partial charge in [-0.05, 0) is 36.1 Å². The number of aliphatic hydroxyl groups excluding tert-OH is 1. The quantitative estimate of drug-likeness (QED) is 0.690. The van der Waals surface area contributed by atoms with Crippen LogP contribution in [-0.4, -0.2) is 53.4 Å². The van der Waals surface area contributed by atoms with Gasteiger partial charge in [-0.3, -0.25) is 9.48 Å². The highest BCUT2D eigenvalue weighted by atomic mass is 35.5. The molecule has 2 heterocycles. The van der Waals surface area contributed by atoms with Crippen molar-refractivity contribution >= 4 is 27.3 Å². The van der Waals surface area contributed by atoms with E-state index < -0.39 is 9.84 Å². The molecule has 3 atom stereocenters. The number of carbonyl (C=O) groups is 1. The summed E-state index contributed by atoms with van der Waals surface area (Å²) in [6.45, 7) is 3.79. The van der Waals surface area contributed by atoms with Crippen molar-refractivity contribution in [2.75, 3.05) is 18.1 Å². The SMILES string of the molecule is CC[C@H](C)[C@H](CO)NC(=O)c1cc(-c2ccc(Cl)cc2)n([C@@H]2CCS(=O)(=O)C2)n1. The number of sulfone groups is 1. The maximum atomic E-state index is 12.8. The number of carbonyl (C=O) groups excluding carboxylic acids is 1. The minimum atomic E-state index is -3.11. The van der Waals surface area contributed by atoms with Crippen molar-refractivity contribution < 1.29 is 18.3 Å². The van der Waals surface area contributed by atoms with Crippen molar-refractivity contribution in [1.82, 2.24) is 15.1 Å². The van der Waals surface area contributed by atoms with Crippen LogP contribution in [0.1, 0.15) is 43.2 Å². The van der Waals surface area contributed by atoms with Crippen LogP contribution in [-0.2, 0) is 9.84 Å². The highest BCUT2D eigenvalue weighted by Crippen LogP contribution is 2.30. The smallest absolute Gasteiger partial charge is 0.272 e. The first-order valence-electron chi connectivity index (χ1n) is 9.71. The molecule has 1 fully saturated rings. The normalized spacial score (nSPS) is 20.3. The van der Waals surface area contributed by atoms with E-state index in [1.54, 1.807) is 22.9 Å². The molecule has 2 N–H and O–H groups in total. The first kappa shape index (κ1) is 21.8. The Kier molecular flexibility index (Phi) is 6.65. The van der Waals surface area contributed by atoms with Gasteiger partial charge in [-0.1, -0.05) is 44.0 Å². The minimum absolute atomic E-state index is 0.00244. The molecule has 9 heteroatoms. The van der Waals surface area contributed by atoms with E-state index in [0.717, 1.165) is 12.0 Å². The molecule has 1 aliphatic heterocycles. The topological polar surface area (TPSA) is 101 Å². The Morgan fingerprint density at radius 3 is 2.62 bits per heavy atom. The highest BCUT2D eigenvalue weighted by molar-refractivity contribution is 7.91. The zero-order valence-electron chi connectivity index (χ0n) is 16.5. The van der Waals surface area contributed by atoms with Crippen molar-refractivity contribution in [2.45, 2.75) is 38.8 Å². The maximum absolute atomic E-state index is 12.8. The molecule has 0 unspecified atom stereocenters.